The molecule has 3 atom stereocenters. The first-order valence-electron chi connectivity index (χ1n) is 5.90. The highest BCUT2D eigenvalue weighted by atomic mass is 15.2. The van der Waals surface area contributed by atoms with Gasteiger partial charge in [-0.1, -0.05) is 20.3 Å². The average Bonchev–Trinajstić information content (AvgIpc) is 2.48. The van der Waals surface area contributed by atoms with Crippen LogP contribution in [0.3, 0.4) is 0 Å². The Morgan fingerprint density at radius 1 is 1.15 bits per heavy atom. The van der Waals surface area contributed by atoms with Crippen LogP contribution in [0.4, 0.5) is 0 Å². The summed E-state index contributed by atoms with van der Waals surface area (Å²) in [5.74, 6) is 2.89. The molecule has 76 valence electrons. The minimum Gasteiger partial charge on any atom is -0.303 e. The molecule has 0 bridgehead atoms. The largest absolute Gasteiger partial charge is 0.303 e. The third-order valence-corrected chi connectivity index (χ3v) is 4.25. The lowest BCUT2D eigenvalue weighted by Crippen LogP contribution is -2.41. The van der Waals surface area contributed by atoms with Gasteiger partial charge in [0.1, 0.15) is 0 Å². The van der Waals surface area contributed by atoms with Crippen molar-refractivity contribution in [2.24, 2.45) is 17.8 Å². The number of hydrogen-bond donors (Lipinski definition) is 0. The van der Waals surface area contributed by atoms with Crippen LogP contribution >= 0.6 is 0 Å². The predicted octanol–water partition coefficient (Wildman–Crippen LogP) is 2.76. The minimum absolute atomic E-state index is 0.883. The van der Waals surface area contributed by atoms with Crippen LogP contribution in [-0.4, -0.2) is 24.5 Å². The van der Waals surface area contributed by atoms with Crippen LogP contribution in [0.2, 0.25) is 0 Å². The minimum atomic E-state index is 0.883. The maximum atomic E-state index is 2.62. The Balaban J connectivity index is 2.10. The molecular formula is C12H23N. The lowest BCUT2D eigenvalue weighted by molar-refractivity contribution is 0.107. The lowest BCUT2D eigenvalue weighted by atomic mass is 9.73. The summed E-state index contributed by atoms with van der Waals surface area (Å²) in [5.41, 5.74) is 0. The van der Waals surface area contributed by atoms with E-state index in [0.717, 1.165) is 23.8 Å². The molecule has 2 aliphatic rings. The zero-order valence-corrected chi connectivity index (χ0v) is 9.29. The summed E-state index contributed by atoms with van der Waals surface area (Å²) < 4.78 is 0. The fourth-order valence-electron chi connectivity index (χ4n) is 3.55. The van der Waals surface area contributed by atoms with Gasteiger partial charge in [0.2, 0.25) is 0 Å². The van der Waals surface area contributed by atoms with Gasteiger partial charge in [0.25, 0.3) is 0 Å². The number of hydrogen-bond acceptors (Lipinski definition) is 1. The summed E-state index contributed by atoms with van der Waals surface area (Å²) in [7, 11) is 2.32. The van der Waals surface area contributed by atoms with E-state index in [1.165, 1.54) is 32.2 Å². The molecule has 0 amide bonds. The molecule has 0 aromatic carbocycles. The van der Waals surface area contributed by atoms with Gasteiger partial charge < -0.3 is 4.90 Å². The van der Waals surface area contributed by atoms with Crippen molar-refractivity contribution >= 4 is 0 Å². The number of likely N-dealkylation sites (tertiary alicyclic amines) is 1. The molecule has 1 saturated carbocycles. The van der Waals surface area contributed by atoms with Crippen LogP contribution in [0.25, 0.3) is 0 Å². The molecule has 1 saturated heterocycles. The molecule has 1 heteroatoms. The van der Waals surface area contributed by atoms with E-state index in [9.17, 15) is 0 Å². The van der Waals surface area contributed by atoms with Gasteiger partial charge in [-0.05, 0) is 50.6 Å². The van der Waals surface area contributed by atoms with Crippen LogP contribution in [0, 0.1) is 17.8 Å². The molecule has 0 radical (unpaired) electrons. The monoisotopic (exact) mass is 181 g/mol. The van der Waals surface area contributed by atoms with E-state index in [0.29, 0.717) is 0 Å². The maximum absolute atomic E-state index is 2.62. The van der Waals surface area contributed by atoms with Gasteiger partial charge in [0.05, 0.1) is 0 Å². The first kappa shape index (κ1) is 9.51. The molecule has 1 aliphatic carbocycles. The Labute approximate surface area is 82.5 Å². The predicted molar refractivity (Wildman–Crippen MR) is 56.7 cm³/mol. The van der Waals surface area contributed by atoms with Crippen LogP contribution in [0.15, 0.2) is 0 Å². The van der Waals surface area contributed by atoms with E-state index in [-0.39, 0.29) is 0 Å². The van der Waals surface area contributed by atoms with Gasteiger partial charge in [-0.3, -0.25) is 0 Å². The van der Waals surface area contributed by atoms with Gasteiger partial charge >= 0.3 is 0 Å². The average molecular weight is 181 g/mol. The Hall–Kier alpha value is -0.0400. The summed E-state index contributed by atoms with van der Waals surface area (Å²) in [6, 6.07) is 0.925. The van der Waals surface area contributed by atoms with Gasteiger partial charge in [0.15, 0.2) is 0 Å². The molecule has 13 heavy (non-hydrogen) atoms. The Bertz CT molecular complexity index is 174. The molecule has 1 nitrogen and oxygen atoms in total. The van der Waals surface area contributed by atoms with Crippen LogP contribution in [-0.2, 0) is 0 Å². The standard InChI is InChI=1S/C12H23N/c1-9(2)11-6-4-5-10-7-8-13(3)12(10)11/h9-12H,4-8H2,1-3H3/t10?,11-,12?/m1/s1. The SMILES string of the molecule is CC(C)[C@H]1CCCC2CCN(C)C21. The molecule has 0 aromatic rings. The van der Waals surface area contributed by atoms with Crippen molar-refractivity contribution in [1.82, 2.24) is 4.90 Å². The van der Waals surface area contributed by atoms with E-state index >= 15 is 0 Å². The van der Waals surface area contributed by atoms with Crippen LogP contribution in [0.5, 0.6) is 0 Å². The second-order valence-electron chi connectivity index (χ2n) is 5.36. The van der Waals surface area contributed by atoms with Gasteiger partial charge in [-0.25, -0.2) is 0 Å². The van der Waals surface area contributed by atoms with Gasteiger partial charge in [-0.15, -0.1) is 0 Å². The fourth-order valence-corrected chi connectivity index (χ4v) is 3.55. The van der Waals surface area contributed by atoms with Crippen molar-refractivity contribution in [2.45, 2.75) is 45.6 Å². The number of fused-ring (bicyclic) bond motifs is 1. The van der Waals surface area contributed by atoms with Crippen molar-refractivity contribution in [1.29, 1.82) is 0 Å². The van der Waals surface area contributed by atoms with Gasteiger partial charge in [-0.2, -0.15) is 0 Å². The zero-order valence-electron chi connectivity index (χ0n) is 9.29. The van der Waals surface area contributed by atoms with E-state index < -0.39 is 0 Å². The molecule has 0 N–H and O–H groups in total. The smallest absolute Gasteiger partial charge is 0.0152 e. The molecule has 0 aromatic heterocycles. The van der Waals surface area contributed by atoms with Gasteiger partial charge in [0, 0.05) is 6.04 Å². The van der Waals surface area contributed by atoms with E-state index in [1.807, 2.05) is 0 Å². The highest BCUT2D eigenvalue weighted by Crippen LogP contribution is 2.41. The molecule has 1 aliphatic heterocycles. The highest BCUT2D eigenvalue weighted by molar-refractivity contribution is 4.94. The van der Waals surface area contributed by atoms with E-state index in [4.69, 9.17) is 0 Å². The normalized spacial score (nSPS) is 41.1. The summed E-state index contributed by atoms with van der Waals surface area (Å²) in [6.45, 7) is 6.15. The van der Waals surface area contributed by atoms with Crippen LogP contribution in [0.1, 0.15) is 39.5 Å². The van der Waals surface area contributed by atoms with E-state index in [2.05, 4.69) is 25.8 Å². The molecule has 2 unspecified atom stereocenters. The Morgan fingerprint density at radius 2 is 1.92 bits per heavy atom. The maximum Gasteiger partial charge on any atom is 0.0152 e. The van der Waals surface area contributed by atoms with Crippen molar-refractivity contribution in [3.05, 3.63) is 0 Å². The van der Waals surface area contributed by atoms with Crippen LogP contribution < -0.4 is 0 Å². The second-order valence-corrected chi connectivity index (χ2v) is 5.36. The summed E-state index contributed by atoms with van der Waals surface area (Å²) in [4.78, 5) is 2.62. The first-order chi connectivity index (χ1) is 6.20. The third-order valence-electron chi connectivity index (χ3n) is 4.25. The summed E-state index contributed by atoms with van der Waals surface area (Å²) in [5, 5.41) is 0. The van der Waals surface area contributed by atoms with Crippen molar-refractivity contribution in [3.63, 3.8) is 0 Å². The van der Waals surface area contributed by atoms with E-state index in [1.54, 1.807) is 0 Å². The lowest BCUT2D eigenvalue weighted by Gasteiger charge is -2.39. The molecule has 0 spiro atoms. The molecular weight excluding hydrogens is 158 g/mol. The summed E-state index contributed by atoms with van der Waals surface area (Å²) in [6.07, 6.45) is 5.92. The molecule has 2 fully saturated rings. The topological polar surface area (TPSA) is 3.24 Å². The Kier molecular flexibility index (Phi) is 2.64. The van der Waals surface area contributed by atoms with Crippen molar-refractivity contribution in [2.75, 3.05) is 13.6 Å². The molecule has 2 rings (SSSR count). The first-order valence-corrected chi connectivity index (χ1v) is 5.90. The highest BCUT2D eigenvalue weighted by Gasteiger charge is 2.40. The van der Waals surface area contributed by atoms with Crippen molar-refractivity contribution < 1.29 is 0 Å². The summed E-state index contributed by atoms with van der Waals surface area (Å²) >= 11 is 0. The Morgan fingerprint density at radius 3 is 2.62 bits per heavy atom. The van der Waals surface area contributed by atoms with Crippen molar-refractivity contribution in [3.8, 4) is 0 Å². The zero-order chi connectivity index (χ0) is 9.42. The fraction of sp³-hybridized carbons (Fsp3) is 1.00. The molecule has 1 heterocycles. The number of rotatable bonds is 1. The quantitative estimate of drug-likeness (QED) is 0.601. The number of nitrogens with zero attached hydrogens (tertiary/aromatic N) is 1. The second kappa shape index (κ2) is 3.61. The third kappa shape index (κ3) is 1.63.